The van der Waals surface area contributed by atoms with Gasteiger partial charge in [-0.3, -0.25) is 0 Å². The molecule has 1 heterocycles. The molecule has 0 radical (unpaired) electrons. The van der Waals surface area contributed by atoms with Gasteiger partial charge in [-0.25, -0.2) is 8.42 Å². The van der Waals surface area contributed by atoms with Crippen molar-refractivity contribution < 1.29 is 12.8 Å². The Balaban J connectivity index is 2.77. The monoisotopic (exact) mass is 190 g/mol. The summed E-state index contributed by atoms with van der Waals surface area (Å²) in [5.74, 6) is -0.00996. The normalized spacial score (nSPS) is 11.8. The zero-order valence-corrected chi connectivity index (χ0v) is 7.47. The van der Waals surface area contributed by atoms with Gasteiger partial charge >= 0.3 is 0 Å². The molecule has 0 aliphatic rings. The number of nitrogens with two attached hydrogens (primary N) is 1. The summed E-state index contributed by atoms with van der Waals surface area (Å²) in [4.78, 5) is 3.68. The maximum absolute atomic E-state index is 11.1. The van der Waals surface area contributed by atoms with Crippen molar-refractivity contribution >= 4 is 15.9 Å². The van der Waals surface area contributed by atoms with Crippen LogP contribution >= 0.6 is 0 Å². The minimum absolute atomic E-state index is 0.00342. The molecule has 0 spiro atoms. The Kier molecular flexibility index (Phi) is 2.37. The van der Waals surface area contributed by atoms with E-state index in [1.165, 1.54) is 6.26 Å². The molecule has 2 N–H and O–H groups in total. The van der Waals surface area contributed by atoms with Crippen molar-refractivity contribution in [1.82, 2.24) is 4.98 Å². The third kappa shape index (κ3) is 2.23. The zero-order valence-electron chi connectivity index (χ0n) is 6.65. The first-order valence-electron chi connectivity index (χ1n) is 3.44. The summed E-state index contributed by atoms with van der Waals surface area (Å²) in [5, 5.41) is 0. The van der Waals surface area contributed by atoms with E-state index in [9.17, 15) is 8.42 Å². The number of anilines is 1. The Morgan fingerprint density at radius 2 is 2.33 bits per heavy atom. The molecule has 1 aromatic heterocycles. The van der Waals surface area contributed by atoms with E-state index < -0.39 is 9.84 Å². The zero-order chi connectivity index (χ0) is 9.19. The van der Waals surface area contributed by atoms with Gasteiger partial charge in [-0.15, -0.1) is 0 Å². The fourth-order valence-corrected chi connectivity index (χ4v) is 1.50. The second kappa shape index (κ2) is 3.14. The summed E-state index contributed by atoms with van der Waals surface area (Å²) < 4.78 is 26.8. The molecule has 1 rings (SSSR count). The summed E-state index contributed by atoms with van der Waals surface area (Å²) in [5.41, 5.74) is 5.52. The molecule has 0 amide bonds. The van der Waals surface area contributed by atoms with Crippen LogP contribution in [0, 0.1) is 0 Å². The topological polar surface area (TPSA) is 86.2 Å². The van der Waals surface area contributed by atoms with Gasteiger partial charge in [-0.1, -0.05) is 6.92 Å². The minimum atomic E-state index is -3.04. The molecule has 1 aromatic rings. The van der Waals surface area contributed by atoms with Crippen LogP contribution in [0.5, 0.6) is 0 Å². The van der Waals surface area contributed by atoms with Crippen LogP contribution in [-0.2, 0) is 15.6 Å². The van der Waals surface area contributed by atoms with E-state index in [2.05, 4.69) is 9.40 Å². The van der Waals surface area contributed by atoms with Crippen molar-refractivity contribution in [1.29, 1.82) is 0 Å². The minimum Gasteiger partial charge on any atom is -0.432 e. The molecule has 0 unspecified atom stereocenters. The largest absolute Gasteiger partial charge is 0.432 e. The van der Waals surface area contributed by atoms with E-state index in [0.717, 1.165) is 0 Å². The first kappa shape index (κ1) is 9.05. The molecule has 0 atom stereocenters. The molecular formula is C6H10N2O3S. The average molecular weight is 190 g/mol. The molecule has 0 saturated heterocycles. The predicted molar refractivity (Wildman–Crippen MR) is 44.1 cm³/mol. The second-order valence-corrected chi connectivity index (χ2v) is 4.71. The number of rotatable bonds is 3. The number of oxazole rings is 1. The third-order valence-electron chi connectivity index (χ3n) is 1.38. The summed E-state index contributed by atoms with van der Waals surface area (Å²) in [6.07, 6.45) is 1.25. The highest BCUT2D eigenvalue weighted by Gasteiger charge is 2.11. The first-order chi connectivity index (χ1) is 5.53. The molecule has 5 nitrogen and oxygen atoms in total. The molecular weight excluding hydrogens is 180 g/mol. The van der Waals surface area contributed by atoms with E-state index >= 15 is 0 Å². The van der Waals surface area contributed by atoms with Crippen LogP contribution in [0.25, 0.3) is 0 Å². The molecule has 0 saturated carbocycles. The fraction of sp³-hybridized carbons (Fsp3) is 0.500. The highest BCUT2D eigenvalue weighted by molar-refractivity contribution is 7.90. The van der Waals surface area contributed by atoms with E-state index in [-0.39, 0.29) is 17.5 Å². The van der Waals surface area contributed by atoms with E-state index in [0.29, 0.717) is 5.69 Å². The van der Waals surface area contributed by atoms with Crippen LogP contribution in [0.4, 0.5) is 6.01 Å². The van der Waals surface area contributed by atoms with Gasteiger partial charge in [-0.2, -0.15) is 4.98 Å². The van der Waals surface area contributed by atoms with Gasteiger partial charge in [0.2, 0.25) is 0 Å². The van der Waals surface area contributed by atoms with Crippen molar-refractivity contribution in [2.24, 2.45) is 0 Å². The van der Waals surface area contributed by atoms with Crippen LogP contribution < -0.4 is 5.73 Å². The van der Waals surface area contributed by atoms with Crippen molar-refractivity contribution in [3.63, 3.8) is 0 Å². The Morgan fingerprint density at radius 3 is 2.75 bits per heavy atom. The lowest BCUT2D eigenvalue weighted by molar-refractivity contribution is 0.577. The van der Waals surface area contributed by atoms with Crippen LogP contribution in [0.1, 0.15) is 12.6 Å². The summed E-state index contributed by atoms with van der Waals surface area (Å²) in [6.45, 7) is 1.58. The lowest BCUT2D eigenvalue weighted by Crippen LogP contribution is -2.06. The molecule has 0 aliphatic heterocycles. The molecule has 0 bridgehead atoms. The van der Waals surface area contributed by atoms with Crippen LogP contribution in [0.3, 0.4) is 0 Å². The summed E-state index contributed by atoms with van der Waals surface area (Å²) in [7, 11) is -3.04. The average Bonchev–Trinajstić information content (AvgIpc) is 2.35. The first-order valence-corrected chi connectivity index (χ1v) is 5.26. The Labute approximate surface area is 70.5 Å². The van der Waals surface area contributed by atoms with Gasteiger partial charge in [-0.05, 0) is 0 Å². The molecule has 68 valence electrons. The van der Waals surface area contributed by atoms with Gasteiger partial charge in [0.05, 0.1) is 11.4 Å². The van der Waals surface area contributed by atoms with Gasteiger partial charge in [0, 0.05) is 5.75 Å². The number of aromatic nitrogens is 1. The predicted octanol–water partition coefficient (Wildman–Crippen LogP) is 0.192. The van der Waals surface area contributed by atoms with Gasteiger partial charge < -0.3 is 10.2 Å². The Bertz CT molecular complexity index is 355. The second-order valence-electron chi connectivity index (χ2n) is 2.35. The number of sulfone groups is 1. The lowest BCUT2D eigenvalue weighted by atomic mass is 10.6. The van der Waals surface area contributed by atoms with Crippen molar-refractivity contribution in [2.75, 3.05) is 11.5 Å². The van der Waals surface area contributed by atoms with Crippen molar-refractivity contribution in [3.8, 4) is 0 Å². The highest BCUT2D eigenvalue weighted by atomic mass is 32.2. The van der Waals surface area contributed by atoms with Gasteiger partial charge in [0.1, 0.15) is 6.26 Å². The molecule has 12 heavy (non-hydrogen) atoms. The number of hydrogen-bond donors (Lipinski definition) is 1. The lowest BCUT2D eigenvalue weighted by Gasteiger charge is -1.94. The molecule has 0 aromatic carbocycles. The van der Waals surface area contributed by atoms with Crippen LogP contribution in [0.15, 0.2) is 10.7 Å². The van der Waals surface area contributed by atoms with Gasteiger partial charge in [0.25, 0.3) is 6.01 Å². The smallest absolute Gasteiger partial charge is 0.292 e. The summed E-state index contributed by atoms with van der Waals surface area (Å²) >= 11 is 0. The maximum atomic E-state index is 11.1. The Hall–Kier alpha value is -1.04. The number of nitrogens with zero attached hydrogens (tertiary/aromatic N) is 1. The summed E-state index contributed by atoms with van der Waals surface area (Å²) in [6, 6.07) is -0.00342. The van der Waals surface area contributed by atoms with Crippen LogP contribution in [-0.4, -0.2) is 19.2 Å². The number of nitrogen functional groups attached to an aromatic ring is 1. The van der Waals surface area contributed by atoms with Gasteiger partial charge in [0.15, 0.2) is 9.84 Å². The fourth-order valence-electron chi connectivity index (χ4n) is 0.716. The van der Waals surface area contributed by atoms with Crippen LogP contribution in [0.2, 0.25) is 0 Å². The van der Waals surface area contributed by atoms with E-state index in [4.69, 9.17) is 5.73 Å². The van der Waals surface area contributed by atoms with Crippen molar-refractivity contribution in [3.05, 3.63) is 12.0 Å². The maximum Gasteiger partial charge on any atom is 0.292 e. The number of hydrogen-bond acceptors (Lipinski definition) is 5. The van der Waals surface area contributed by atoms with E-state index in [1.54, 1.807) is 6.92 Å². The van der Waals surface area contributed by atoms with E-state index in [1.807, 2.05) is 0 Å². The molecule has 6 heteroatoms. The highest BCUT2D eigenvalue weighted by Crippen LogP contribution is 2.07. The third-order valence-corrected chi connectivity index (χ3v) is 2.99. The standard InChI is InChI=1S/C6H10N2O3S/c1-2-12(9,10)4-5-3-11-6(7)8-5/h3H,2,4H2,1H3,(H2,7,8). The molecule has 0 fully saturated rings. The SMILES string of the molecule is CCS(=O)(=O)Cc1coc(N)n1. The Morgan fingerprint density at radius 1 is 1.67 bits per heavy atom. The van der Waals surface area contributed by atoms with Crippen molar-refractivity contribution in [2.45, 2.75) is 12.7 Å². The molecule has 0 aliphatic carbocycles. The quantitative estimate of drug-likeness (QED) is 0.735.